The summed E-state index contributed by atoms with van der Waals surface area (Å²) in [5, 5.41) is 12.0. The topological polar surface area (TPSA) is 209 Å². The van der Waals surface area contributed by atoms with Crippen molar-refractivity contribution in [3.63, 3.8) is 0 Å². The van der Waals surface area contributed by atoms with Gasteiger partial charge in [0.25, 0.3) is 0 Å². The lowest BCUT2D eigenvalue weighted by atomic mass is 10.00. The third-order valence-corrected chi connectivity index (χ3v) is 31.8. The predicted molar refractivity (Wildman–Crippen MR) is 518 cm³/mol. The molecule has 0 radical (unpaired) electrons. The summed E-state index contributed by atoms with van der Waals surface area (Å²) < 4.78 is 31.8. The number of ether oxygens (including phenoxy) is 4. The first kappa shape index (κ1) is 85.3. The van der Waals surface area contributed by atoms with Crippen molar-refractivity contribution in [3.05, 3.63) is 281 Å². The second-order valence-electron chi connectivity index (χ2n) is 31.1. The van der Waals surface area contributed by atoms with Gasteiger partial charge in [-0.2, -0.15) is 0 Å². The number of benzene rings is 13. The summed E-state index contributed by atoms with van der Waals surface area (Å²) in [4.78, 5) is 113. The maximum Gasteiger partial charge on any atom is 0.231 e. The fourth-order valence-corrected chi connectivity index (χ4v) is 25.3. The van der Waals surface area contributed by atoms with E-state index in [1.165, 1.54) is 47.4 Å². The first-order valence-electron chi connectivity index (χ1n) is 42.3. The van der Waals surface area contributed by atoms with Gasteiger partial charge in [0.05, 0.1) is 24.3 Å². The van der Waals surface area contributed by atoms with Crippen LogP contribution in [0.2, 0.25) is 0 Å². The molecule has 0 fully saturated rings. The van der Waals surface area contributed by atoms with Gasteiger partial charge < -0.3 is 27.9 Å². The molecule has 26 rings (SSSR count). The zero-order valence-corrected chi connectivity index (χ0v) is 75.5. The summed E-state index contributed by atoms with van der Waals surface area (Å²) in [5.41, 5.74) is 11.5. The Labute approximate surface area is 765 Å². The number of carbonyl (C=O) groups excluding carboxylic acids is 9. The molecule has 16 aromatic rings. The van der Waals surface area contributed by atoms with Crippen molar-refractivity contribution in [2.45, 2.75) is 106 Å². The average molecular weight is 1830 g/mol. The maximum atomic E-state index is 12.1. The molecule has 0 spiro atoms. The SMILES string of the molecule is CCn1c2ccccc2c2cc3c(cc21)C(=O)CCS3.O=C1CCOc2cc3c(cc21)SCCC3=O.O=C1CCOc2ccccc21.O=C1CCSc2cc3c(cc21)OCO3.O=C1CCSc2cc3c(cc21)oc1ccccc13.O=C1CCSc2cc3c(cc21)sc1ccccc13.O=C1CCSc2cc3ccccc3cc21.O=C1CCSc2ccc3ccccc3c21. The average Bonchev–Trinajstić information content (AvgIpc) is 1.60. The molecule has 0 atom stereocenters. The molecule has 15 nitrogen and oxygen atoms in total. The van der Waals surface area contributed by atoms with Crippen LogP contribution in [0.3, 0.4) is 0 Å². The van der Waals surface area contributed by atoms with Gasteiger partial charge in [-0.25, -0.2) is 0 Å². The van der Waals surface area contributed by atoms with Crippen LogP contribution in [0, 0.1) is 0 Å². The number of fused-ring (bicyclic) bond motifs is 22. The molecule has 0 saturated heterocycles. The lowest BCUT2D eigenvalue weighted by molar-refractivity contribution is 0.0923. The van der Waals surface area contributed by atoms with Crippen LogP contribution in [0.25, 0.3) is 85.5 Å². The second-order valence-corrected chi connectivity index (χ2v) is 40.1. The molecule has 10 aliphatic rings. The normalized spacial score (nSPS) is 16.0. The van der Waals surface area contributed by atoms with Crippen molar-refractivity contribution < 1.29 is 66.5 Å². The van der Waals surface area contributed by atoms with Crippen molar-refractivity contribution in [2.75, 3.05) is 60.3 Å². The lowest BCUT2D eigenvalue weighted by Crippen LogP contribution is -2.17. The smallest absolute Gasteiger partial charge is 0.231 e. The molecule has 0 bridgehead atoms. The number of rotatable bonds is 1. The first-order valence-corrected chi connectivity index (χ1v) is 50.0. The molecule has 13 heterocycles. The van der Waals surface area contributed by atoms with Crippen molar-refractivity contribution in [2.24, 2.45) is 0 Å². The molecule has 23 heteroatoms. The number of hydrogen-bond acceptors (Lipinski definition) is 22. The van der Waals surface area contributed by atoms with E-state index in [4.69, 9.17) is 23.4 Å². The van der Waals surface area contributed by atoms with Gasteiger partial charge in [-0.05, 0) is 138 Å². The van der Waals surface area contributed by atoms with Crippen LogP contribution in [0.5, 0.6) is 23.0 Å². The van der Waals surface area contributed by atoms with Crippen LogP contribution in [0.1, 0.15) is 158 Å². The Balaban J connectivity index is 0.0000000951. The van der Waals surface area contributed by atoms with Crippen molar-refractivity contribution in [1.82, 2.24) is 4.57 Å². The van der Waals surface area contributed by atoms with Gasteiger partial charge in [0.2, 0.25) is 6.79 Å². The van der Waals surface area contributed by atoms with Crippen LogP contribution in [0.4, 0.5) is 0 Å². The Morgan fingerprint density at radius 3 is 1.36 bits per heavy atom. The Kier molecular flexibility index (Phi) is 25.6. The van der Waals surface area contributed by atoms with E-state index in [0.29, 0.717) is 105 Å². The highest BCUT2D eigenvalue weighted by Gasteiger charge is 2.30. The summed E-state index contributed by atoms with van der Waals surface area (Å²) in [5.74, 6) is 11.0. The molecule has 3 aromatic heterocycles. The van der Waals surface area contributed by atoms with Crippen molar-refractivity contribution in [3.8, 4) is 23.0 Å². The van der Waals surface area contributed by atoms with E-state index in [9.17, 15) is 43.2 Å². The first-order chi connectivity index (χ1) is 62.1. The molecule has 0 aliphatic carbocycles. The number of carbonyl (C=O) groups is 9. The number of aryl methyl sites for hydroxylation is 1. The lowest BCUT2D eigenvalue weighted by Gasteiger charge is -2.21. The van der Waals surface area contributed by atoms with Gasteiger partial charge in [-0.1, -0.05) is 121 Å². The summed E-state index contributed by atoms with van der Waals surface area (Å²) in [6.07, 6.45) is 5.46. The molecule has 10 aliphatic heterocycles. The summed E-state index contributed by atoms with van der Waals surface area (Å²) >= 11 is 14.1. The van der Waals surface area contributed by atoms with Crippen LogP contribution >= 0.6 is 93.7 Å². The number of ketones is 9. The van der Waals surface area contributed by atoms with Crippen molar-refractivity contribution in [1.29, 1.82) is 0 Å². The van der Waals surface area contributed by atoms with Gasteiger partial charge in [0.1, 0.15) is 22.7 Å². The monoisotopic (exact) mass is 1820 g/mol. The highest BCUT2D eigenvalue weighted by atomic mass is 32.2. The molecule has 13 aromatic carbocycles. The molecule has 0 N–H and O–H groups in total. The van der Waals surface area contributed by atoms with E-state index in [2.05, 4.69) is 133 Å². The summed E-state index contributed by atoms with van der Waals surface area (Å²) in [6, 6.07) is 76.7. The molecule has 0 unspecified atom stereocenters. The van der Waals surface area contributed by atoms with E-state index in [1.54, 1.807) is 112 Å². The number of nitrogens with zero attached hydrogens (tertiary/aromatic N) is 1. The minimum Gasteiger partial charge on any atom is -0.492 e. The number of thioether (sulfide) groups is 7. The number of furan rings is 1. The Hall–Kier alpha value is -11.1. The Morgan fingerprint density at radius 1 is 0.268 bits per heavy atom. The van der Waals surface area contributed by atoms with Gasteiger partial charge in [0, 0.05) is 231 Å². The molecule has 127 heavy (non-hydrogen) atoms. The maximum absolute atomic E-state index is 12.1. The van der Waals surface area contributed by atoms with E-state index >= 15 is 0 Å². The molecule has 634 valence electrons. The number of thiophene rings is 1. The van der Waals surface area contributed by atoms with E-state index in [1.807, 2.05) is 91.0 Å². The van der Waals surface area contributed by atoms with Gasteiger partial charge in [-0.3, -0.25) is 43.2 Å². The van der Waals surface area contributed by atoms with Gasteiger partial charge in [-0.15, -0.1) is 93.7 Å². The highest BCUT2D eigenvalue weighted by Crippen LogP contribution is 2.46. The quantitative estimate of drug-likeness (QED) is 0.150. The molecular weight excluding hydrogens is 1740 g/mol. The third kappa shape index (κ3) is 17.9. The molecule has 0 amide bonds. The number of Topliss-reactive ketones (excluding diaryl/α,β-unsaturated/α-hetero) is 9. The summed E-state index contributed by atoms with van der Waals surface area (Å²) in [7, 11) is 0. The molecular formula is C104H81NO14S8. The zero-order valence-electron chi connectivity index (χ0n) is 69.0. The zero-order chi connectivity index (χ0) is 86.8. The van der Waals surface area contributed by atoms with E-state index in [-0.39, 0.29) is 47.3 Å². The van der Waals surface area contributed by atoms with Crippen LogP contribution in [-0.4, -0.2) is 117 Å². The Bertz CT molecular complexity index is 7030. The number of aromatic nitrogens is 1. The van der Waals surface area contributed by atoms with Gasteiger partial charge >= 0.3 is 0 Å². The van der Waals surface area contributed by atoms with Crippen LogP contribution in [0.15, 0.2) is 269 Å². The van der Waals surface area contributed by atoms with Gasteiger partial charge in [0.15, 0.2) is 63.5 Å². The fraction of sp³-hybridized carbons (Fsp3) is 0.202. The van der Waals surface area contributed by atoms with Crippen molar-refractivity contribution >= 4 is 231 Å². The third-order valence-electron chi connectivity index (χ3n) is 23.3. The Morgan fingerprint density at radius 2 is 0.717 bits per heavy atom. The van der Waals surface area contributed by atoms with E-state index < -0.39 is 0 Å². The molecule has 0 saturated carbocycles. The predicted octanol–water partition coefficient (Wildman–Crippen LogP) is 26.6. The van der Waals surface area contributed by atoms with Crippen LogP contribution < -0.4 is 18.9 Å². The highest BCUT2D eigenvalue weighted by molar-refractivity contribution is 8.01. The number of para-hydroxylation sites is 3. The summed E-state index contributed by atoms with van der Waals surface area (Å²) in [6.45, 7) is 4.28. The second kappa shape index (κ2) is 38.0. The largest absolute Gasteiger partial charge is 0.492 e. The van der Waals surface area contributed by atoms with Crippen LogP contribution in [-0.2, 0) is 6.54 Å². The van der Waals surface area contributed by atoms with E-state index in [0.717, 1.165) is 170 Å². The standard InChI is InChI=1S/C17H15NOS.C15H10O2S.C15H10OS2.2C13H10OS.C12H10O3S.C10H8O3S.C9H8O2/c1-2-18-14-6-4-3-5-11(14)12-10-17-13(9-15(12)18)16(19)7-8-20-17;16-12-5-6-18-15-8-10-9-3-1-2-4-13(9)17-14(10)7-11(12)15;16-12-5-6-17-14-7-10-9-3-1-2-4-13(9)18-15(10)8-11(12)14;14-12-5-6-15-13-8-10-4-2-1-3-9(10)7-11(12)13;14-11-7-8-15-12-6-5-9-3-1-2-4-10(9)13(11)12;13-9-1-3-15-11-5-8-10(14)2-4-16-12(8)6-7(9)11;11-7-1-2-14-10-4-9-8(3-6(7)10)12-5-13-9;10-8-5-6-11-9-4-2-1-3-7(8)9/h3-6,9-10H,2,7-8H2,1H3;2*1-4,7-8H,5-6H2;1-4,7-8H,5-6H2;1-6H,7-8H2;5-6H,1-4H2;3-4H,1-2,5H2;1-4H,5-6H2. The minimum atomic E-state index is 0.114. The number of hydrogen-bond donors (Lipinski definition) is 0. The fourth-order valence-electron chi connectivity index (χ4n) is 16.9. The minimum absolute atomic E-state index is 0.114.